The summed E-state index contributed by atoms with van der Waals surface area (Å²) in [6.07, 6.45) is 2.40. The number of nitrogens with one attached hydrogen (secondary N) is 2. The second-order valence-corrected chi connectivity index (χ2v) is 5.56. The van der Waals surface area contributed by atoms with Crippen molar-refractivity contribution in [1.29, 1.82) is 0 Å². The van der Waals surface area contributed by atoms with Gasteiger partial charge in [-0.25, -0.2) is 4.79 Å². The first-order valence-electron chi connectivity index (χ1n) is 7.59. The number of methoxy groups -OCH3 is 2. The van der Waals surface area contributed by atoms with E-state index in [9.17, 15) is 9.59 Å². The van der Waals surface area contributed by atoms with Crippen molar-refractivity contribution < 1.29 is 19.1 Å². The zero-order chi connectivity index (χ0) is 16.8. The van der Waals surface area contributed by atoms with E-state index in [0.29, 0.717) is 18.0 Å². The van der Waals surface area contributed by atoms with Crippen LogP contribution < -0.4 is 25.8 Å². The van der Waals surface area contributed by atoms with Crippen LogP contribution in [0.25, 0.3) is 0 Å². The summed E-state index contributed by atoms with van der Waals surface area (Å²) >= 11 is 0. The number of hydrogen-bond donors (Lipinski definition) is 3. The van der Waals surface area contributed by atoms with Crippen molar-refractivity contribution in [2.45, 2.75) is 31.8 Å². The lowest BCUT2D eigenvalue weighted by atomic mass is 10.0. The Morgan fingerprint density at radius 3 is 2.61 bits per heavy atom. The molecule has 23 heavy (non-hydrogen) atoms. The number of benzene rings is 1. The van der Waals surface area contributed by atoms with E-state index < -0.39 is 0 Å². The number of carbonyl (C=O) groups excluding carboxylic acids is 2. The van der Waals surface area contributed by atoms with Gasteiger partial charge in [0.2, 0.25) is 5.91 Å². The third-order valence-electron chi connectivity index (χ3n) is 4.10. The van der Waals surface area contributed by atoms with E-state index in [2.05, 4.69) is 10.6 Å². The molecule has 1 aromatic carbocycles. The quantitative estimate of drug-likeness (QED) is 0.731. The van der Waals surface area contributed by atoms with Gasteiger partial charge in [0.25, 0.3) is 0 Å². The van der Waals surface area contributed by atoms with Crippen LogP contribution in [0.3, 0.4) is 0 Å². The molecule has 2 rings (SSSR count). The van der Waals surface area contributed by atoms with Gasteiger partial charge in [-0.05, 0) is 30.5 Å². The molecule has 7 heteroatoms. The molecule has 3 amide bonds. The standard InChI is InChI=1S/C16H23N3O4/c1-22-13-7-6-10(8-14(13)23-2)9-18-16(21)19-12-5-3-4-11(12)15(17)20/h6-8,11-12H,3-5,9H2,1-2H3,(H2,17,20)(H2,18,19,21)/t11-,12+/m0/s1. The highest BCUT2D eigenvalue weighted by atomic mass is 16.5. The minimum absolute atomic E-state index is 0.182. The smallest absolute Gasteiger partial charge is 0.315 e. The number of rotatable bonds is 6. The van der Waals surface area contributed by atoms with Crippen LogP contribution in [-0.4, -0.2) is 32.2 Å². The molecule has 1 aliphatic rings. The zero-order valence-corrected chi connectivity index (χ0v) is 13.4. The van der Waals surface area contributed by atoms with Crippen LogP contribution in [0.15, 0.2) is 18.2 Å². The van der Waals surface area contributed by atoms with Gasteiger partial charge in [-0.2, -0.15) is 0 Å². The largest absolute Gasteiger partial charge is 0.493 e. The molecular formula is C16H23N3O4. The van der Waals surface area contributed by atoms with Gasteiger partial charge in [0.15, 0.2) is 11.5 Å². The van der Waals surface area contributed by atoms with Crippen LogP contribution in [0.2, 0.25) is 0 Å². The third-order valence-corrected chi connectivity index (χ3v) is 4.10. The highest BCUT2D eigenvalue weighted by molar-refractivity contribution is 5.80. The summed E-state index contributed by atoms with van der Waals surface area (Å²) in [5.41, 5.74) is 6.24. The number of amides is 3. The first-order valence-corrected chi connectivity index (χ1v) is 7.59. The van der Waals surface area contributed by atoms with Gasteiger partial charge in [-0.15, -0.1) is 0 Å². The minimum Gasteiger partial charge on any atom is -0.493 e. The maximum Gasteiger partial charge on any atom is 0.315 e. The van der Waals surface area contributed by atoms with Crippen molar-refractivity contribution in [3.05, 3.63) is 23.8 Å². The van der Waals surface area contributed by atoms with E-state index >= 15 is 0 Å². The molecule has 0 saturated heterocycles. The van der Waals surface area contributed by atoms with Crippen LogP contribution in [0, 0.1) is 5.92 Å². The maximum atomic E-state index is 12.0. The Labute approximate surface area is 135 Å². The van der Waals surface area contributed by atoms with Gasteiger partial charge in [0.1, 0.15) is 0 Å². The monoisotopic (exact) mass is 321 g/mol. The van der Waals surface area contributed by atoms with E-state index in [1.165, 1.54) is 0 Å². The molecule has 0 aliphatic heterocycles. The Morgan fingerprint density at radius 2 is 1.96 bits per heavy atom. The molecule has 4 N–H and O–H groups in total. The summed E-state index contributed by atoms with van der Waals surface area (Å²) in [6, 6.07) is 4.95. The Kier molecular flexibility index (Phi) is 5.67. The summed E-state index contributed by atoms with van der Waals surface area (Å²) < 4.78 is 10.4. The maximum absolute atomic E-state index is 12.0. The van der Waals surface area contributed by atoms with E-state index in [0.717, 1.165) is 24.8 Å². The molecule has 7 nitrogen and oxygen atoms in total. The molecule has 0 radical (unpaired) electrons. The van der Waals surface area contributed by atoms with E-state index in [-0.39, 0.29) is 23.9 Å². The van der Waals surface area contributed by atoms with Crippen molar-refractivity contribution in [2.75, 3.05) is 14.2 Å². The number of nitrogens with two attached hydrogens (primary N) is 1. The third kappa shape index (κ3) is 4.28. The van der Waals surface area contributed by atoms with E-state index in [4.69, 9.17) is 15.2 Å². The van der Waals surface area contributed by atoms with Gasteiger partial charge >= 0.3 is 6.03 Å². The van der Waals surface area contributed by atoms with Crippen molar-refractivity contribution in [3.63, 3.8) is 0 Å². The highest BCUT2D eigenvalue weighted by Gasteiger charge is 2.32. The van der Waals surface area contributed by atoms with Gasteiger partial charge in [-0.1, -0.05) is 12.5 Å². The Hall–Kier alpha value is -2.44. The summed E-state index contributed by atoms with van der Waals surface area (Å²) in [7, 11) is 3.13. The number of carbonyl (C=O) groups is 2. The molecule has 0 spiro atoms. The van der Waals surface area contributed by atoms with Crippen molar-refractivity contribution in [3.8, 4) is 11.5 Å². The average Bonchev–Trinajstić information content (AvgIpc) is 3.00. The SMILES string of the molecule is COc1ccc(CNC(=O)N[C@@H]2CCC[C@@H]2C(N)=O)cc1OC. The normalized spacial score (nSPS) is 19.9. The van der Waals surface area contributed by atoms with E-state index in [1.54, 1.807) is 26.4 Å². The fraction of sp³-hybridized carbons (Fsp3) is 0.500. The van der Waals surface area contributed by atoms with Gasteiger partial charge < -0.3 is 25.8 Å². The topological polar surface area (TPSA) is 103 Å². The zero-order valence-electron chi connectivity index (χ0n) is 13.4. The lowest BCUT2D eigenvalue weighted by Gasteiger charge is -2.18. The predicted octanol–water partition coefficient (Wildman–Crippen LogP) is 1.16. The summed E-state index contributed by atoms with van der Waals surface area (Å²) in [5, 5.41) is 5.60. The van der Waals surface area contributed by atoms with E-state index in [1.807, 2.05) is 6.07 Å². The molecular weight excluding hydrogens is 298 g/mol. The number of primary amides is 1. The Balaban J connectivity index is 1.88. The molecule has 1 saturated carbocycles. The summed E-state index contributed by atoms with van der Waals surface area (Å²) in [5.74, 6) is 0.613. The van der Waals surface area contributed by atoms with Crippen LogP contribution >= 0.6 is 0 Å². The Bertz CT molecular complexity index is 576. The van der Waals surface area contributed by atoms with Gasteiger partial charge in [0.05, 0.1) is 20.1 Å². The molecule has 1 fully saturated rings. The fourth-order valence-electron chi connectivity index (χ4n) is 2.87. The summed E-state index contributed by atoms with van der Waals surface area (Å²) in [4.78, 5) is 23.3. The lowest BCUT2D eigenvalue weighted by molar-refractivity contribution is -0.122. The lowest BCUT2D eigenvalue weighted by Crippen LogP contribution is -2.46. The fourth-order valence-corrected chi connectivity index (χ4v) is 2.87. The minimum atomic E-state index is -0.354. The molecule has 0 aromatic heterocycles. The van der Waals surface area contributed by atoms with Gasteiger partial charge in [0, 0.05) is 12.6 Å². The molecule has 1 aliphatic carbocycles. The first-order chi connectivity index (χ1) is 11.0. The van der Waals surface area contributed by atoms with Gasteiger partial charge in [-0.3, -0.25) is 4.79 Å². The number of urea groups is 1. The number of hydrogen-bond acceptors (Lipinski definition) is 4. The molecule has 0 unspecified atom stereocenters. The average molecular weight is 321 g/mol. The molecule has 0 heterocycles. The number of ether oxygens (including phenoxy) is 2. The van der Waals surface area contributed by atoms with Crippen molar-refractivity contribution in [2.24, 2.45) is 11.7 Å². The molecule has 2 atom stereocenters. The first kappa shape index (κ1) is 16.9. The van der Waals surface area contributed by atoms with Crippen LogP contribution in [0.5, 0.6) is 11.5 Å². The molecule has 0 bridgehead atoms. The van der Waals surface area contributed by atoms with Crippen molar-refractivity contribution in [1.82, 2.24) is 10.6 Å². The highest BCUT2D eigenvalue weighted by Crippen LogP contribution is 2.27. The van der Waals surface area contributed by atoms with Crippen molar-refractivity contribution >= 4 is 11.9 Å². The van der Waals surface area contributed by atoms with Crippen LogP contribution in [0.1, 0.15) is 24.8 Å². The molecule has 126 valence electrons. The predicted molar refractivity (Wildman–Crippen MR) is 85.2 cm³/mol. The van der Waals surface area contributed by atoms with Crippen LogP contribution in [-0.2, 0) is 11.3 Å². The Morgan fingerprint density at radius 1 is 1.22 bits per heavy atom. The second-order valence-electron chi connectivity index (χ2n) is 5.56. The summed E-state index contributed by atoms with van der Waals surface area (Å²) in [6.45, 7) is 0.347. The van der Waals surface area contributed by atoms with Crippen LogP contribution in [0.4, 0.5) is 4.79 Å². The second kappa shape index (κ2) is 7.71. The molecule has 1 aromatic rings.